The largest absolute Gasteiger partial charge is 0.421 e. The van der Waals surface area contributed by atoms with Crippen LogP contribution in [0.5, 0.6) is 0 Å². The summed E-state index contributed by atoms with van der Waals surface area (Å²) in [5, 5.41) is 7.67. The quantitative estimate of drug-likeness (QED) is 0.789. The van der Waals surface area contributed by atoms with Crippen molar-refractivity contribution in [2.75, 3.05) is 0 Å². The van der Waals surface area contributed by atoms with Gasteiger partial charge in [0.05, 0.1) is 0 Å². The van der Waals surface area contributed by atoms with Crippen LogP contribution in [0.15, 0.2) is 33.2 Å². The molecule has 80 valence electrons. The highest BCUT2D eigenvalue weighted by molar-refractivity contribution is 9.10. The predicted octanol–water partition coefficient (Wildman–Crippen LogP) is 3.83. The van der Waals surface area contributed by atoms with Gasteiger partial charge in [-0.25, -0.2) is 0 Å². The van der Waals surface area contributed by atoms with E-state index in [1.807, 2.05) is 38.1 Å². The third-order valence-corrected chi connectivity index (χ3v) is 2.15. The first-order chi connectivity index (χ1) is 7.25. The van der Waals surface area contributed by atoms with E-state index in [1.54, 1.807) is 6.92 Å². The van der Waals surface area contributed by atoms with Crippen molar-refractivity contribution in [3.63, 3.8) is 0 Å². The van der Waals surface area contributed by atoms with Gasteiger partial charge in [-0.1, -0.05) is 29.8 Å². The van der Waals surface area contributed by atoms with Crippen molar-refractivity contribution in [1.29, 1.82) is 0 Å². The second kappa shape index (κ2) is 5.66. The van der Waals surface area contributed by atoms with Crippen LogP contribution in [-0.4, -0.2) is 10.2 Å². The summed E-state index contributed by atoms with van der Waals surface area (Å²) in [5.74, 6) is 1.14. The van der Waals surface area contributed by atoms with Gasteiger partial charge in [-0.3, -0.25) is 0 Å². The van der Waals surface area contributed by atoms with E-state index >= 15 is 0 Å². The molecule has 4 heteroatoms. The van der Waals surface area contributed by atoms with Gasteiger partial charge in [0, 0.05) is 17.0 Å². The van der Waals surface area contributed by atoms with E-state index < -0.39 is 0 Å². The van der Waals surface area contributed by atoms with E-state index in [2.05, 4.69) is 26.1 Å². The van der Waals surface area contributed by atoms with Crippen LogP contribution in [-0.2, 0) is 0 Å². The van der Waals surface area contributed by atoms with Gasteiger partial charge in [-0.15, -0.1) is 10.2 Å². The first kappa shape index (κ1) is 11.9. The molecule has 2 rings (SSSR count). The summed E-state index contributed by atoms with van der Waals surface area (Å²) in [4.78, 5) is 0. The van der Waals surface area contributed by atoms with Gasteiger partial charge in [0.15, 0.2) is 0 Å². The molecular formula is C11H13BrN2O. The Hall–Kier alpha value is -1.16. The third kappa shape index (κ3) is 3.16. The number of rotatable bonds is 1. The molecule has 0 amide bonds. The second-order valence-corrected chi connectivity index (χ2v) is 3.55. The van der Waals surface area contributed by atoms with Crippen molar-refractivity contribution >= 4 is 15.9 Å². The Balaban J connectivity index is 0.000000531. The SMILES string of the molecule is CC.Cc1nnc(-c2ccc(Br)cc2)o1. The maximum atomic E-state index is 5.27. The molecular weight excluding hydrogens is 256 g/mol. The zero-order valence-electron chi connectivity index (χ0n) is 8.99. The highest BCUT2D eigenvalue weighted by Gasteiger charge is 2.04. The Kier molecular flexibility index (Phi) is 4.49. The summed E-state index contributed by atoms with van der Waals surface area (Å²) in [5.41, 5.74) is 0.934. The molecule has 2 aromatic rings. The van der Waals surface area contributed by atoms with Crippen LogP contribution in [0, 0.1) is 6.92 Å². The topological polar surface area (TPSA) is 38.9 Å². The minimum atomic E-state index is 0.560. The number of aromatic nitrogens is 2. The van der Waals surface area contributed by atoms with Gasteiger partial charge in [0.25, 0.3) is 0 Å². The molecule has 0 radical (unpaired) electrons. The number of aryl methyl sites for hydroxylation is 1. The summed E-state index contributed by atoms with van der Waals surface area (Å²) in [6.07, 6.45) is 0. The van der Waals surface area contributed by atoms with Crippen LogP contribution in [0.2, 0.25) is 0 Å². The maximum absolute atomic E-state index is 5.27. The lowest BCUT2D eigenvalue weighted by atomic mass is 10.2. The number of halogens is 1. The fraction of sp³-hybridized carbons (Fsp3) is 0.273. The molecule has 0 saturated carbocycles. The Morgan fingerprint density at radius 2 is 1.67 bits per heavy atom. The van der Waals surface area contributed by atoms with Crippen LogP contribution in [0.4, 0.5) is 0 Å². The lowest BCUT2D eigenvalue weighted by Crippen LogP contribution is -1.76. The Morgan fingerprint density at radius 3 is 2.13 bits per heavy atom. The smallest absolute Gasteiger partial charge is 0.247 e. The lowest BCUT2D eigenvalue weighted by molar-refractivity contribution is 0.533. The van der Waals surface area contributed by atoms with Gasteiger partial charge >= 0.3 is 0 Å². The number of hydrogen-bond acceptors (Lipinski definition) is 3. The van der Waals surface area contributed by atoms with E-state index in [0.717, 1.165) is 10.0 Å². The molecule has 15 heavy (non-hydrogen) atoms. The molecule has 1 heterocycles. The predicted molar refractivity (Wildman–Crippen MR) is 63.5 cm³/mol. The Bertz CT molecular complexity index is 409. The van der Waals surface area contributed by atoms with E-state index in [1.165, 1.54) is 0 Å². The normalized spacial score (nSPS) is 9.33. The molecule has 0 saturated heterocycles. The average molecular weight is 269 g/mol. The standard InChI is InChI=1S/C9H7BrN2O.C2H6/c1-6-11-12-9(13-6)7-2-4-8(10)5-3-7;1-2/h2-5H,1H3;1-2H3. The minimum absolute atomic E-state index is 0.560. The molecule has 0 fully saturated rings. The van der Waals surface area contributed by atoms with Gasteiger partial charge < -0.3 is 4.42 Å². The molecule has 3 nitrogen and oxygen atoms in total. The number of hydrogen-bond donors (Lipinski definition) is 0. The van der Waals surface area contributed by atoms with E-state index in [9.17, 15) is 0 Å². The first-order valence-corrected chi connectivity index (χ1v) is 5.61. The van der Waals surface area contributed by atoms with Crippen LogP contribution >= 0.6 is 15.9 Å². The minimum Gasteiger partial charge on any atom is -0.421 e. The van der Waals surface area contributed by atoms with Crippen LogP contribution < -0.4 is 0 Å². The molecule has 0 N–H and O–H groups in total. The third-order valence-electron chi connectivity index (χ3n) is 1.62. The summed E-state index contributed by atoms with van der Waals surface area (Å²) in [6.45, 7) is 5.77. The highest BCUT2D eigenvalue weighted by atomic mass is 79.9. The van der Waals surface area contributed by atoms with Crippen LogP contribution in [0.25, 0.3) is 11.5 Å². The zero-order chi connectivity index (χ0) is 11.3. The van der Waals surface area contributed by atoms with Crippen molar-refractivity contribution in [2.45, 2.75) is 20.8 Å². The van der Waals surface area contributed by atoms with Gasteiger partial charge in [-0.2, -0.15) is 0 Å². The molecule has 0 bridgehead atoms. The van der Waals surface area contributed by atoms with E-state index in [0.29, 0.717) is 11.8 Å². The summed E-state index contributed by atoms with van der Waals surface area (Å²) in [6, 6.07) is 7.73. The lowest BCUT2D eigenvalue weighted by Gasteiger charge is -1.93. The van der Waals surface area contributed by atoms with E-state index in [4.69, 9.17) is 4.42 Å². The summed E-state index contributed by atoms with van der Waals surface area (Å²) < 4.78 is 6.31. The highest BCUT2D eigenvalue weighted by Crippen LogP contribution is 2.19. The average Bonchev–Trinajstić information content (AvgIpc) is 2.69. The van der Waals surface area contributed by atoms with Crippen molar-refractivity contribution in [3.05, 3.63) is 34.6 Å². The fourth-order valence-corrected chi connectivity index (χ4v) is 1.27. The van der Waals surface area contributed by atoms with Gasteiger partial charge in [-0.05, 0) is 24.3 Å². The Labute approximate surface area is 97.7 Å². The summed E-state index contributed by atoms with van der Waals surface area (Å²) in [7, 11) is 0. The monoisotopic (exact) mass is 268 g/mol. The van der Waals surface area contributed by atoms with Gasteiger partial charge in [0.2, 0.25) is 11.8 Å². The number of nitrogens with zero attached hydrogens (tertiary/aromatic N) is 2. The molecule has 0 aliphatic heterocycles. The molecule has 0 atom stereocenters. The van der Waals surface area contributed by atoms with Crippen LogP contribution in [0.1, 0.15) is 19.7 Å². The fourth-order valence-electron chi connectivity index (χ4n) is 1.01. The molecule has 0 aliphatic rings. The molecule has 1 aromatic heterocycles. The van der Waals surface area contributed by atoms with Crippen molar-refractivity contribution in [1.82, 2.24) is 10.2 Å². The molecule has 0 aliphatic carbocycles. The Morgan fingerprint density at radius 1 is 1.07 bits per heavy atom. The molecule has 0 spiro atoms. The maximum Gasteiger partial charge on any atom is 0.247 e. The van der Waals surface area contributed by atoms with Crippen molar-refractivity contribution < 1.29 is 4.42 Å². The second-order valence-electron chi connectivity index (χ2n) is 2.63. The molecule has 1 aromatic carbocycles. The van der Waals surface area contributed by atoms with Crippen molar-refractivity contribution in [2.24, 2.45) is 0 Å². The zero-order valence-corrected chi connectivity index (χ0v) is 10.6. The van der Waals surface area contributed by atoms with E-state index in [-0.39, 0.29) is 0 Å². The molecule has 0 unspecified atom stereocenters. The van der Waals surface area contributed by atoms with Crippen molar-refractivity contribution in [3.8, 4) is 11.5 Å². The number of benzene rings is 1. The van der Waals surface area contributed by atoms with Gasteiger partial charge in [0.1, 0.15) is 0 Å². The van der Waals surface area contributed by atoms with Crippen LogP contribution in [0.3, 0.4) is 0 Å². The summed E-state index contributed by atoms with van der Waals surface area (Å²) >= 11 is 3.36. The first-order valence-electron chi connectivity index (χ1n) is 4.82.